The number of rotatable bonds is 5. The van der Waals surface area contributed by atoms with Crippen LogP contribution in [0.2, 0.25) is 5.02 Å². The summed E-state index contributed by atoms with van der Waals surface area (Å²) in [5.41, 5.74) is 2.18. The number of anilines is 1. The number of halogens is 1. The van der Waals surface area contributed by atoms with Gasteiger partial charge < -0.3 is 4.74 Å². The lowest BCUT2D eigenvalue weighted by Gasteiger charge is -2.21. The summed E-state index contributed by atoms with van der Waals surface area (Å²) in [7, 11) is 1.55. The van der Waals surface area contributed by atoms with Crippen LogP contribution in [0.3, 0.4) is 0 Å². The second-order valence-corrected chi connectivity index (χ2v) is 7.51. The number of methoxy groups -OCH3 is 1. The topological polar surface area (TPSA) is 55.3 Å². The van der Waals surface area contributed by atoms with Gasteiger partial charge in [0.2, 0.25) is 0 Å². The van der Waals surface area contributed by atoms with E-state index in [1.54, 1.807) is 42.6 Å². The first kappa shape index (κ1) is 18.4. The van der Waals surface area contributed by atoms with E-state index in [0.717, 1.165) is 15.8 Å². The molecule has 0 bridgehead atoms. The van der Waals surface area contributed by atoms with Gasteiger partial charge in [0.25, 0.3) is 5.91 Å². The molecular formula is C21H16ClN3O2S. The number of fused-ring (bicyclic) bond motifs is 1. The van der Waals surface area contributed by atoms with Crippen LogP contribution in [0.25, 0.3) is 10.2 Å². The highest BCUT2D eigenvalue weighted by Crippen LogP contribution is 2.33. The molecule has 7 heteroatoms. The largest absolute Gasteiger partial charge is 0.496 e. The van der Waals surface area contributed by atoms with Crippen LogP contribution in [0.5, 0.6) is 5.75 Å². The standard InChI is InChI=1S/C21H16ClN3O2S/c1-27-18-7-3-2-6-16(18)20(26)25(13-14-5-4-10-23-12-14)21-24-17-9-8-15(22)11-19(17)28-21/h2-12H,13H2,1H3. The number of nitrogens with zero attached hydrogens (tertiary/aromatic N) is 3. The average Bonchev–Trinajstić information content (AvgIpc) is 3.15. The van der Waals surface area contributed by atoms with Crippen LogP contribution >= 0.6 is 22.9 Å². The SMILES string of the molecule is COc1ccccc1C(=O)N(Cc1cccnc1)c1nc2ccc(Cl)cc2s1. The molecule has 28 heavy (non-hydrogen) atoms. The number of aromatic nitrogens is 2. The van der Waals surface area contributed by atoms with Crippen LogP contribution in [0.1, 0.15) is 15.9 Å². The van der Waals surface area contributed by atoms with Crippen molar-refractivity contribution in [3.05, 3.63) is 83.1 Å². The summed E-state index contributed by atoms with van der Waals surface area (Å²) in [5.74, 6) is 0.333. The maximum Gasteiger partial charge on any atom is 0.264 e. The molecule has 2 aromatic carbocycles. The van der Waals surface area contributed by atoms with Crippen LogP contribution in [0, 0.1) is 0 Å². The van der Waals surface area contributed by atoms with Crippen molar-refractivity contribution in [2.75, 3.05) is 12.0 Å². The fraction of sp³-hybridized carbons (Fsp3) is 0.0952. The molecule has 0 fully saturated rings. The number of carbonyl (C=O) groups is 1. The van der Waals surface area contributed by atoms with E-state index in [0.29, 0.717) is 28.0 Å². The predicted molar refractivity (Wildman–Crippen MR) is 112 cm³/mol. The molecule has 0 aliphatic rings. The zero-order chi connectivity index (χ0) is 19.5. The fourth-order valence-electron chi connectivity index (χ4n) is 2.87. The Morgan fingerprint density at radius 1 is 1.18 bits per heavy atom. The Labute approximate surface area is 171 Å². The average molecular weight is 410 g/mol. The Bertz CT molecular complexity index is 1130. The number of ether oxygens (including phenoxy) is 1. The maximum absolute atomic E-state index is 13.4. The lowest BCUT2D eigenvalue weighted by Crippen LogP contribution is -2.30. The van der Waals surface area contributed by atoms with Gasteiger partial charge in [0.1, 0.15) is 5.75 Å². The summed E-state index contributed by atoms with van der Waals surface area (Å²) in [6.07, 6.45) is 3.45. The van der Waals surface area contributed by atoms with Gasteiger partial charge in [-0.15, -0.1) is 0 Å². The predicted octanol–water partition coefficient (Wildman–Crippen LogP) is 5.20. The number of pyridine rings is 1. The van der Waals surface area contributed by atoms with Gasteiger partial charge in [0.15, 0.2) is 5.13 Å². The summed E-state index contributed by atoms with van der Waals surface area (Å²) in [6, 6.07) is 16.5. The molecule has 140 valence electrons. The fourth-order valence-corrected chi connectivity index (χ4v) is 4.11. The molecule has 0 spiro atoms. The molecule has 5 nitrogen and oxygen atoms in total. The van der Waals surface area contributed by atoms with E-state index in [1.807, 2.05) is 36.4 Å². The van der Waals surface area contributed by atoms with Crippen LogP contribution < -0.4 is 9.64 Å². The number of hydrogen-bond donors (Lipinski definition) is 0. The molecule has 0 N–H and O–H groups in total. The van der Waals surface area contributed by atoms with Gasteiger partial charge >= 0.3 is 0 Å². The third-order valence-electron chi connectivity index (χ3n) is 4.22. The summed E-state index contributed by atoms with van der Waals surface area (Å²) in [4.78, 5) is 23.9. The monoisotopic (exact) mass is 409 g/mol. The molecule has 2 heterocycles. The lowest BCUT2D eigenvalue weighted by atomic mass is 10.1. The number of hydrogen-bond acceptors (Lipinski definition) is 5. The molecule has 0 saturated heterocycles. The Kier molecular flexibility index (Phi) is 5.23. The summed E-state index contributed by atoms with van der Waals surface area (Å²) in [6.45, 7) is 0.346. The molecule has 0 atom stereocenters. The van der Waals surface area contributed by atoms with Gasteiger partial charge in [0, 0.05) is 17.4 Å². The normalized spacial score (nSPS) is 10.8. The van der Waals surface area contributed by atoms with Gasteiger partial charge in [-0.1, -0.05) is 41.1 Å². The van der Waals surface area contributed by atoms with Crippen molar-refractivity contribution in [2.24, 2.45) is 0 Å². The van der Waals surface area contributed by atoms with Crippen LogP contribution in [0.15, 0.2) is 67.0 Å². The summed E-state index contributed by atoms with van der Waals surface area (Å²) < 4.78 is 6.31. The highest BCUT2D eigenvalue weighted by Gasteiger charge is 2.24. The zero-order valence-electron chi connectivity index (χ0n) is 15.0. The second kappa shape index (κ2) is 7.96. The molecule has 1 amide bonds. The number of amides is 1. The lowest BCUT2D eigenvalue weighted by molar-refractivity contribution is 0.0982. The minimum absolute atomic E-state index is 0.188. The number of thiazole rings is 1. The zero-order valence-corrected chi connectivity index (χ0v) is 16.6. The number of carbonyl (C=O) groups excluding carboxylic acids is 1. The molecule has 4 aromatic rings. The highest BCUT2D eigenvalue weighted by atomic mass is 35.5. The minimum atomic E-state index is -0.188. The molecule has 0 aliphatic heterocycles. The quantitative estimate of drug-likeness (QED) is 0.454. The smallest absolute Gasteiger partial charge is 0.264 e. The summed E-state index contributed by atoms with van der Waals surface area (Å²) >= 11 is 7.53. The van der Waals surface area contributed by atoms with E-state index in [1.165, 1.54) is 11.3 Å². The van der Waals surface area contributed by atoms with Crippen molar-refractivity contribution >= 4 is 44.2 Å². The first-order valence-corrected chi connectivity index (χ1v) is 9.75. The molecule has 0 saturated carbocycles. The Balaban J connectivity index is 1.79. The van der Waals surface area contributed by atoms with E-state index in [-0.39, 0.29) is 5.91 Å². The van der Waals surface area contributed by atoms with Crippen molar-refractivity contribution in [1.82, 2.24) is 9.97 Å². The first-order valence-electron chi connectivity index (χ1n) is 8.55. The van der Waals surface area contributed by atoms with Gasteiger partial charge in [-0.2, -0.15) is 0 Å². The first-order chi connectivity index (χ1) is 13.7. The number of benzene rings is 2. The molecule has 0 unspecified atom stereocenters. The second-order valence-electron chi connectivity index (χ2n) is 6.06. The molecular weight excluding hydrogens is 394 g/mol. The molecule has 2 aromatic heterocycles. The van der Waals surface area contributed by atoms with E-state index in [2.05, 4.69) is 9.97 Å². The van der Waals surface area contributed by atoms with E-state index < -0.39 is 0 Å². The Morgan fingerprint density at radius 2 is 2.04 bits per heavy atom. The van der Waals surface area contributed by atoms with Gasteiger partial charge in [-0.25, -0.2) is 4.98 Å². The van der Waals surface area contributed by atoms with E-state index >= 15 is 0 Å². The van der Waals surface area contributed by atoms with Gasteiger partial charge in [-0.05, 0) is 42.0 Å². The van der Waals surface area contributed by atoms with Crippen molar-refractivity contribution in [2.45, 2.75) is 6.54 Å². The third kappa shape index (κ3) is 3.69. The van der Waals surface area contributed by atoms with Crippen molar-refractivity contribution in [3.8, 4) is 5.75 Å². The van der Waals surface area contributed by atoms with E-state index in [4.69, 9.17) is 16.3 Å². The maximum atomic E-state index is 13.4. The summed E-state index contributed by atoms with van der Waals surface area (Å²) in [5, 5.41) is 1.23. The molecule has 0 aliphatic carbocycles. The van der Waals surface area contributed by atoms with Crippen molar-refractivity contribution in [3.63, 3.8) is 0 Å². The van der Waals surface area contributed by atoms with Crippen molar-refractivity contribution < 1.29 is 9.53 Å². The van der Waals surface area contributed by atoms with Crippen LogP contribution in [-0.4, -0.2) is 23.0 Å². The van der Waals surface area contributed by atoms with Crippen LogP contribution in [0.4, 0.5) is 5.13 Å². The third-order valence-corrected chi connectivity index (χ3v) is 5.49. The van der Waals surface area contributed by atoms with Crippen LogP contribution in [-0.2, 0) is 6.54 Å². The van der Waals surface area contributed by atoms with Gasteiger partial charge in [-0.3, -0.25) is 14.7 Å². The minimum Gasteiger partial charge on any atom is -0.496 e. The highest BCUT2D eigenvalue weighted by molar-refractivity contribution is 7.22. The Hall–Kier alpha value is -2.96. The van der Waals surface area contributed by atoms with Crippen molar-refractivity contribution in [1.29, 1.82) is 0 Å². The number of para-hydroxylation sites is 1. The molecule has 0 radical (unpaired) electrons. The van der Waals surface area contributed by atoms with E-state index in [9.17, 15) is 4.79 Å². The molecule has 4 rings (SSSR count). The Morgan fingerprint density at radius 3 is 2.82 bits per heavy atom. The van der Waals surface area contributed by atoms with Gasteiger partial charge in [0.05, 0.1) is 29.4 Å².